The van der Waals surface area contributed by atoms with Crippen molar-refractivity contribution in [3.05, 3.63) is 53.0 Å². The lowest BCUT2D eigenvalue weighted by Crippen LogP contribution is -2.13. The predicted molar refractivity (Wildman–Crippen MR) is 78.5 cm³/mol. The summed E-state index contributed by atoms with van der Waals surface area (Å²) in [7, 11) is 0. The van der Waals surface area contributed by atoms with Gasteiger partial charge in [0.1, 0.15) is 5.76 Å². The summed E-state index contributed by atoms with van der Waals surface area (Å²) in [5.41, 5.74) is 8.40. The average molecular weight is 268 g/mol. The Bertz CT molecular complexity index is 690. The summed E-state index contributed by atoms with van der Waals surface area (Å²) in [6.07, 6.45) is 1.49. The molecule has 0 fully saturated rings. The van der Waals surface area contributed by atoms with Crippen molar-refractivity contribution in [3.8, 4) is 11.8 Å². The molecule has 4 heteroatoms. The second-order valence-electron chi connectivity index (χ2n) is 4.40. The number of carbonyl (C=O) groups excluding carboxylic acids is 1. The Morgan fingerprint density at radius 3 is 2.80 bits per heavy atom. The molecule has 0 saturated heterocycles. The third-order valence-electron chi connectivity index (χ3n) is 2.85. The van der Waals surface area contributed by atoms with Crippen molar-refractivity contribution >= 4 is 11.6 Å². The third-order valence-corrected chi connectivity index (χ3v) is 2.85. The molecule has 1 heterocycles. The molecule has 3 N–H and O–H groups in total. The molecule has 102 valence electrons. The molecule has 0 saturated carbocycles. The normalized spacial score (nSPS) is 9.75. The predicted octanol–water partition coefficient (Wildman–Crippen LogP) is 2.46. The smallest absolute Gasteiger partial charge is 0.259 e. The van der Waals surface area contributed by atoms with E-state index in [4.69, 9.17) is 10.2 Å². The third kappa shape index (κ3) is 3.08. The van der Waals surface area contributed by atoms with E-state index >= 15 is 0 Å². The van der Waals surface area contributed by atoms with E-state index in [2.05, 4.69) is 17.2 Å². The van der Waals surface area contributed by atoms with Crippen LogP contribution in [0.2, 0.25) is 0 Å². The van der Waals surface area contributed by atoms with Gasteiger partial charge >= 0.3 is 0 Å². The Labute approximate surface area is 118 Å². The Balaban J connectivity index is 2.29. The minimum absolute atomic E-state index is 0.212. The summed E-state index contributed by atoms with van der Waals surface area (Å²) in [4.78, 5) is 12.2. The van der Waals surface area contributed by atoms with E-state index in [-0.39, 0.29) is 12.5 Å². The van der Waals surface area contributed by atoms with Crippen LogP contribution in [0.15, 0.2) is 34.9 Å². The van der Waals surface area contributed by atoms with E-state index in [0.29, 0.717) is 17.0 Å². The molecule has 2 rings (SSSR count). The standard InChI is InChI=1S/C16H16N2O2/c1-11-5-6-15(13(10-11)4-3-8-17)18-16(19)14-7-9-20-12(14)2/h5-7,9-10H,8,17H2,1-2H3,(H,18,19). The molecule has 4 nitrogen and oxygen atoms in total. The van der Waals surface area contributed by atoms with E-state index in [0.717, 1.165) is 11.1 Å². The molecule has 0 radical (unpaired) electrons. The number of benzene rings is 1. The van der Waals surface area contributed by atoms with Gasteiger partial charge in [0.2, 0.25) is 0 Å². The van der Waals surface area contributed by atoms with E-state index < -0.39 is 0 Å². The molecule has 0 aliphatic rings. The second-order valence-corrected chi connectivity index (χ2v) is 4.40. The first-order valence-corrected chi connectivity index (χ1v) is 6.27. The van der Waals surface area contributed by atoms with Crippen LogP contribution in [0, 0.1) is 25.7 Å². The highest BCUT2D eigenvalue weighted by Crippen LogP contribution is 2.18. The van der Waals surface area contributed by atoms with Crippen molar-refractivity contribution in [2.75, 3.05) is 11.9 Å². The van der Waals surface area contributed by atoms with Gasteiger partial charge in [0.25, 0.3) is 5.91 Å². The SMILES string of the molecule is Cc1ccc(NC(=O)c2ccoc2C)c(C#CCN)c1. The fraction of sp³-hybridized carbons (Fsp3) is 0.188. The number of carbonyl (C=O) groups is 1. The van der Waals surface area contributed by atoms with Crippen LogP contribution in [0.1, 0.15) is 27.2 Å². The van der Waals surface area contributed by atoms with E-state index in [9.17, 15) is 4.79 Å². The van der Waals surface area contributed by atoms with Gasteiger partial charge in [0, 0.05) is 5.56 Å². The summed E-state index contributed by atoms with van der Waals surface area (Å²) >= 11 is 0. The van der Waals surface area contributed by atoms with Gasteiger partial charge in [-0.25, -0.2) is 0 Å². The highest BCUT2D eigenvalue weighted by atomic mass is 16.3. The first-order valence-electron chi connectivity index (χ1n) is 6.27. The number of aryl methyl sites for hydroxylation is 2. The molecule has 0 unspecified atom stereocenters. The van der Waals surface area contributed by atoms with Gasteiger partial charge in [0.15, 0.2) is 0 Å². The number of nitrogens with two attached hydrogens (primary N) is 1. The van der Waals surface area contributed by atoms with Crippen LogP contribution in [0.25, 0.3) is 0 Å². The van der Waals surface area contributed by atoms with Crippen LogP contribution in [0.4, 0.5) is 5.69 Å². The van der Waals surface area contributed by atoms with Crippen molar-refractivity contribution < 1.29 is 9.21 Å². The van der Waals surface area contributed by atoms with Gasteiger partial charge in [-0.05, 0) is 37.6 Å². The van der Waals surface area contributed by atoms with Crippen LogP contribution in [-0.4, -0.2) is 12.5 Å². The van der Waals surface area contributed by atoms with Crippen molar-refractivity contribution in [2.24, 2.45) is 5.73 Å². The van der Waals surface area contributed by atoms with Gasteiger partial charge in [-0.2, -0.15) is 0 Å². The molecular weight excluding hydrogens is 252 g/mol. The molecule has 0 aliphatic carbocycles. The van der Waals surface area contributed by atoms with Crippen molar-refractivity contribution in [3.63, 3.8) is 0 Å². The maximum Gasteiger partial charge on any atom is 0.259 e. The fourth-order valence-electron chi connectivity index (χ4n) is 1.83. The monoisotopic (exact) mass is 268 g/mol. The molecule has 0 aliphatic heterocycles. The lowest BCUT2D eigenvalue weighted by Gasteiger charge is -2.08. The van der Waals surface area contributed by atoms with Gasteiger partial charge in [-0.15, -0.1) is 0 Å². The Kier molecular flexibility index (Phi) is 4.24. The number of hydrogen-bond donors (Lipinski definition) is 2. The van der Waals surface area contributed by atoms with Gasteiger partial charge in [-0.3, -0.25) is 4.79 Å². The highest BCUT2D eigenvalue weighted by molar-refractivity contribution is 6.05. The number of amides is 1. The molecular formula is C16H16N2O2. The largest absolute Gasteiger partial charge is 0.469 e. The van der Waals surface area contributed by atoms with Crippen LogP contribution < -0.4 is 11.1 Å². The summed E-state index contributed by atoms with van der Waals surface area (Å²) in [6, 6.07) is 7.32. The molecule has 20 heavy (non-hydrogen) atoms. The van der Waals surface area contributed by atoms with E-state index in [1.54, 1.807) is 13.0 Å². The number of hydrogen-bond acceptors (Lipinski definition) is 3. The fourth-order valence-corrected chi connectivity index (χ4v) is 1.83. The van der Waals surface area contributed by atoms with E-state index in [1.165, 1.54) is 6.26 Å². The van der Waals surface area contributed by atoms with Crippen molar-refractivity contribution in [2.45, 2.75) is 13.8 Å². The Morgan fingerprint density at radius 1 is 1.35 bits per heavy atom. The average Bonchev–Trinajstić information content (AvgIpc) is 2.85. The number of nitrogens with one attached hydrogen (secondary N) is 1. The molecule has 2 aromatic rings. The highest BCUT2D eigenvalue weighted by Gasteiger charge is 2.12. The van der Waals surface area contributed by atoms with Gasteiger partial charge in [0.05, 0.1) is 24.1 Å². The molecule has 0 bridgehead atoms. The van der Waals surface area contributed by atoms with Crippen LogP contribution in [0.3, 0.4) is 0 Å². The molecule has 1 aromatic carbocycles. The molecule has 0 atom stereocenters. The minimum Gasteiger partial charge on any atom is -0.469 e. The van der Waals surface area contributed by atoms with Crippen molar-refractivity contribution in [1.82, 2.24) is 0 Å². The van der Waals surface area contributed by atoms with Crippen LogP contribution >= 0.6 is 0 Å². The molecule has 1 amide bonds. The Hall–Kier alpha value is -2.51. The van der Waals surface area contributed by atoms with Crippen molar-refractivity contribution in [1.29, 1.82) is 0 Å². The maximum absolute atomic E-state index is 12.2. The molecule has 1 aromatic heterocycles. The lowest BCUT2D eigenvalue weighted by molar-refractivity contribution is 0.102. The molecule has 0 spiro atoms. The lowest BCUT2D eigenvalue weighted by atomic mass is 10.1. The Morgan fingerprint density at radius 2 is 2.15 bits per heavy atom. The zero-order valence-corrected chi connectivity index (χ0v) is 11.5. The summed E-state index contributed by atoms with van der Waals surface area (Å²) in [5, 5.41) is 2.85. The number of rotatable bonds is 2. The number of furan rings is 1. The van der Waals surface area contributed by atoms with E-state index in [1.807, 2.05) is 25.1 Å². The summed E-state index contributed by atoms with van der Waals surface area (Å²) < 4.78 is 5.13. The second kappa shape index (κ2) is 6.09. The van der Waals surface area contributed by atoms with Gasteiger partial charge in [-0.1, -0.05) is 17.9 Å². The number of anilines is 1. The topological polar surface area (TPSA) is 68.3 Å². The first-order chi connectivity index (χ1) is 9.61. The van der Waals surface area contributed by atoms with Crippen LogP contribution in [0.5, 0.6) is 0 Å². The zero-order valence-electron chi connectivity index (χ0n) is 11.5. The summed E-state index contributed by atoms with van der Waals surface area (Å²) in [6.45, 7) is 4.00. The maximum atomic E-state index is 12.2. The minimum atomic E-state index is -0.212. The quantitative estimate of drug-likeness (QED) is 0.822. The first kappa shape index (κ1) is 13.9. The zero-order chi connectivity index (χ0) is 14.5. The van der Waals surface area contributed by atoms with Gasteiger partial charge < -0.3 is 15.5 Å². The van der Waals surface area contributed by atoms with Crippen LogP contribution in [-0.2, 0) is 0 Å². The summed E-state index contributed by atoms with van der Waals surface area (Å²) in [5.74, 6) is 6.14.